The molecule has 9 N–H and O–H groups in total. The summed E-state index contributed by atoms with van der Waals surface area (Å²) in [5.41, 5.74) is 3.27. The smallest absolute Gasteiger partial charge is 0.120 e. The lowest BCUT2D eigenvalue weighted by molar-refractivity contribution is -0.141. The molecule has 0 spiro atoms. The monoisotopic (exact) mass is 324 g/mol. The van der Waals surface area contributed by atoms with Crippen molar-refractivity contribution in [2.45, 2.75) is 31.2 Å². The van der Waals surface area contributed by atoms with Crippen LogP contribution in [0.5, 0.6) is 0 Å². The van der Waals surface area contributed by atoms with E-state index in [4.69, 9.17) is 35.8 Å². The first-order valence-electron chi connectivity index (χ1n) is 6.58. The van der Waals surface area contributed by atoms with Crippen molar-refractivity contribution in [3.05, 3.63) is 0 Å². The van der Waals surface area contributed by atoms with Crippen LogP contribution in [0.1, 0.15) is 12.8 Å². The van der Waals surface area contributed by atoms with Crippen LogP contribution in [0.2, 0.25) is 0 Å². The van der Waals surface area contributed by atoms with Crippen LogP contribution < -0.4 is 11.0 Å². The van der Waals surface area contributed by atoms with E-state index in [-0.39, 0.29) is 37.7 Å². The second-order valence-electron chi connectivity index (χ2n) is 4.36. The molecule has 0 radical (unpaired) electrons. The second-order valence-corrected chi connectivity index (χ2v) is 4.36. The maximum atomic E-state index is 9.72. The van der Waals surface area contributed by atoms with Crippen LogP contribution in [0.25, 0.3) is 0 Å². The third-order valence-electron chi connectivity index (χ3n) is 2.73. The van der Waals surface area contributed by atoms with Crippen molar-refractivity contribution in [2.24, 2.45) is 0 Å². The maximum absolute atomic E-state index is 9.72. The van der Waals surface area contributed by atoms with Crippen molar-refractivity contribution in [3.8, 4) is 0 Å². The minimum absolute atomic E-state index is 0.0242. The van der Waals surface area contributed by atoms with E-state index in [1.165, 1.54) is 0 Å². The van der Waals surface area contributed by atoms with Crippen molar-refractivity contribution in [2.75, 3.05) is 26.4 Å². The van der Waals surface area contributed by atoms with Crippen molar-refractivity contribution in [1.29, 1.82) is 10.8 Å². The van der Waals surface area contributed by atoms with E-state index < -0.39 is 31.5 Å². The molecule has 3 atom stereocenters. The lowest BCUT2D eigenvalue weighted by Gasteiger charge is -2.29. The van der Waals surface area contributed by atoms with Gasteiger partial charge in [0.2, 0.25) is 0 Å². The summed E-state index contributed by atoms with van der Waals surface area (Å²) in [6.45, 7) is -1.20. The summed E-state index contributed by atoms with van der Waals surface area (Å²) in [5.74, 6) is -0.375. The summed E-state index contributed by atoms with van der Waals surface area (Å²) in [6, 6.07) is 0. The van der Waals surface area contributed by atoms with Crippen LogP contribution in [-0.2, 0) is 9.47 Å². The van der Waals surface area contributed by atoms with Gasteiger partial charge in [0.25, 0.3) is 0 Å². The second kappa shape index (κ2) is 12.2. The number of hydroxylamine groups is 2. The fourth-order valence-corrected chi connectivity index (χ4v) is 1.54. The Morgan fingerprint density at radius 2 is 1.41 bits per heavy atom. The van der Waals surface area contributed by atoms with Gasteiger partial charge in [-0.3, -0.25) is 32.2 Å². The van der Waals surface area contributed by atoms with Gasteiger partial charge in [-0.05, 0) is 0 Å². The first-order chi connectivity index (χ1) is 10.5. The quantitative estimate of drug-likeness (QED) is 0.109. The normalized spacial score (nSPS) is 15.0. The van der Waals surface area contributed by atoms with Gasteiger partial charge in [0, 0.05) is 12.8 Å². The first-order valence-corrected chi connectivity index (χ1v) is 6.58. The lowest BCUT2D eigenvalue weighted by Crippen LogP contribution is -2.45. The number of rotatable bonds is 12. The van der Waals surface area contributed by atoms with Gasteiger partial charge in [-0.2, -0.15) is 0 Å². The molecule has 0 rings (SSSR count). The molecule has 0 aliphatic rings. The van der Waals surface area contributed by atoms with Crippen LogP contribution in [0, 0.1) is 10.8 Å². The fourth-order valence-electron chi connectivity index (χ4n) is 1.54. The molecule has 0 heterocycles. The maximum Gasteiger partial charge on any atom is 0.120 e. The first kappa shape index (κ1) is 20.7. The number of hydrogen-bond donors (Lipinski definition) is 9. The number of hydrogen-bond acceptors (Lipinski definition) is 9. The predicted octanol–water partition coefficient (Wildman–Crippen LogP) is -2.21. The van der Waals surface area contributed by atoms with Crippen LogP contribution in [0.3, 0.4) is 0 Å². The van der Waals surface area contributed by atoms with E-state index in [2.05, 4.69) is 0 Å². The molecule has 130 valence electrons. The van der Waals surface area contributed by atoms with Gasteiger partial charge in [0.1, 0.15) is 30.0 Å². The van der Waals surface area contributed by atoms with E-state index in [0.29, 0.717) is 0 Å². The van der Waals surface area contributed by atoms with Crippen LogP contribution >= 0.6 is 0 Å². The highest BCUT2D eigenvalue weighted by atomic mass is 16.6. The molecule has 0 bridgehead atoms. The topological polar surface area (TPSA) is 191 Å². The molecule has 0 fully saturated rings. The summed E-state index contributed by atoms with van der Waals surface area (Å²) < 4.78 is 10.6. The molecular weight excluding hydrogens is 300 g/mol. The molecular formula is C11H24N4O7. The van der Waals surface area contributed by atoms with Gasteiger partial charge >= 0.3 is 0 Å². The van der Waals surface area contributed by atoms with Gasteiger partial charge < -0.3 is 24.8 Å². The van der Waals surface area contributed by atoms with Gasteiger partial charge in [-0.25, -0.2) is 0 Å². The molecule has 0 saturated carbocycles. The summed E-state index contributed by atoms with van der Waals surface area (Å²) in [6.07, 6.45) is -3.26. The van der Waals surface area contributed by atoms with Crippen LogP contribution in [0.4, 0.5) is 0 Å². The lowest BCUT2D eigenvalue weighted by atomic mass is 10.1. The summed E-state index contributed by atoms with van der Waals surface area (Å²) >= 11 is 0. The van der Waals surface area contributed by atoms with E-state index in [0.717, 1.165) is 0 Å². The molecule has 0 aromatic heterocycles. The summed E-state index contributed by atoms with van der Waals surface area (Å²) in [7, 11) is 0. The number of aliphatic hydroxyl groups is 3. The van der Waals surface area contributed by atoms with E-state index >= 15 is 0 Å². The highest BCUT2D eigenvalue weighted by Crippen LogP contribution is 2.10. The molecule has 11 heteroatoms. The predicted molar refractivity (Wildman–Crippen MR) is 74.2 cm³/mol. The molecule has 0 aliphatic heterocycles. The molecule has 0 aromatic carbocycles. The molecule has 0 amide bonds. The SMILES string of the molecule is N=C(CCOC(CO)C(OCCC(=N)NO)C(O)CO)NO. The zero-order valence-corrected chi connectivity index (χ0v) is 12.0. The average Bonchev–Trinajstić information content (AvgIpc) is 2.54. The Labute approximate surface area is 127 Å². The highest BCUT2D eigenvalue weighted by Gasteiger charge is 2.29. The molecule has 0 saturated heterocycles. The number of nitrogens with one attached hydrogen (secondary N) is 4. The third kappa shape index (κ3) is 8.19. The number of ether oxygens (including phenoxy) is 2. The van der Waals surface area contributed by atoms with Gasteiger partial charge in [0.05, 0.1) is 26.4 Å². The minimum Gasteiger partial charge on any atom is -0.394 e. The minimum atomic E-state index is -1.32. The molecule has 3 unspecified atom stereocenters. The van der Waals surface area contributed by atoms with Crippen molar-refractivity contribution >= 4 is 11.7 Å². The zero-order chi connectivity index (χ0) is 17.0. The van der Waals surface area contributed by atoms with E-state index in [1.54, 1.807) is 11.0 Å². The average molecular weight is 324 g/mol. The molecule has 0 aromatic rings. The highest BCUT2D eigenvalue weighted by molar-refractivity contribution is 5.77. The van der Waals surface area contributed by atoms with E-state index in [1.807, 2.05) is 0 Å². The Morgan fingerprint density at radius 3 is 1.82 bits per heavy atom. The number of amidine groups is 2. The van der Waals surface area contributed by atoms with Gasteiger partial charge in [-0.1, -0.05) is 0 Å². The van der Waals surface area contributed by atoms with Crippen molar-refractivity contribution < 1.29 is 35.2 Å². The van der Waals surface area contributed by atoms with Crippen molar-refractivity contribution in [3.63, 3.8) is 0 Å². The Hall–Kier alpha value is -1.34. The zero-order valence-electron chi connectivity index (χ0n) is 12.0. The largest absolute Gasteiger partial charge is 0.394 e. The summed E-state index contributed by atoms with van der Waals surface area (Å²) in [5, 5.41) is 59.3. The Kier molecular flexibility index (Phi) is 11.5. The van der Waals surface area contributed by atoms with Crippen LogP contribution in [0.15, 0.2) is 0 Å². The van der Waals surface area contributed by atoms with E-state index in [9.17, 15) is 10.2 Å². The van der Waals surface area contributed by atoms with Gasteiger partial charge in [-0.15, -0.1) is 0 Å². The van der Waals surface area contributed by atoms with Crippen LogP contribution in [-0.4, -0.2) is 82.1 Å². The van der Waals surface area contributed by atoms with Gasteiger partial charge in [0.15, 0.2) is 0 Å². The fraction of sp³-hybridized carbons (Fsp3) is 0.818. The third-order valence-corrected chi connectivity index (χ3v) is 2.73. The molecule has 22 heavy (non-hydrogen) atoms. The van der Waals surface area contributed by atoms with Crippen molar-refractivity contribution in [1.82, 2.24) is 11.0 Å². The number of aliphatic hydroxyl groups excluding tert-OH is 3. The molecule has 0 aliphatic carbocycles. The Morgan fingerprint density at radius 1 is 0.909 bits per heavy atom. The standard InChI is InChI=1S/C11H24N4O7/c12-9(14-19)1-3-21-8(6-17)11(7(18)5-16)22-4-2-10(13)15-20/h7-8,11,16-20H,1-6H2,(H2,12,14)(H2,13,15). The Balaban J connectivity index is 4.46. The Bertz CT molecular complexity index is 332. The summed E-state index contributed by atoms with van der Waals surface area (Å²) in [4.78, 5) is 0. The molecule has 11 nitrogen and oxygen atoms in total.